The fourth-order valence-corrected chi connectivity index (χ4v) is 2.20. The molecule has 18 heavy (non-hydrogen) atoms. The predicted molar refractivity (Wildman–Crippen MR) is 61.9 cm³/mol. The molecule has 2 rings (SSSR count). The number of aromatic amines is 1. The normalized spacial score (nSPS) is 12.2. The highest BCUT2D eigenvalue weighted by atomic mass is 32.2. The van der Waals surface area contributed by atoms with E-state index in [0.717, 1.165) is 4.57 Å². The Balaban J connectivity index is 2.91. The van der Waals surface area contributed by atoms with Gasteiger partial charge in [0.25, 0.3) is 15.7 Å². The van der Waals surface area contributed by atoms with E-state index in [1.807, 2.05) is 0 Å². The maximum absolute atomic E-state index is 11.9. The summed E-state index contributed by atoms with van der Waals surface area (Å²) in [6, 6.07) is 0. The number of hydrogen-bond donors (Lipinski definition) is 2. The molecule has 0 bridgehead atoms. The summed E-state index contributed by atoms with van der Waals surface area (Å²) in [4.78, 5) is 30.3. The number of nitrogens with one attached hydrogen (secondary N) is 1. The fourth-order valence-electron chi connectivity index (χ4n) is 1.64. The van der Waals surface area contributed by atoms with E-state index in [1.54, 1.807) is 6.92 Å². The molecule has 0 saturated heterocycles. The summed E-state index contributed by atoms with van der Waals surface area (Å²) < 4.78 is 31.7. The van der Waals surface area contributed by atoms with Crippen LogP contribution in [0.4, 0.5) is 0 Å². The van der Waals surface area contributed by atoms with Crippen LogP contribution in [0.2, 0.25) is 0 Å². The Labute approximate surface area is 100 Å². The number of aryl methyl sites for hydroxylation is 2. The summed E-state index contributed by atoms with van der Waals surface area (Å²) in [7, 11) is -3.13. The molecule has 98 valence electrons. The Kier molecular flexibility index (Phi) is 2.63. The molecule has 2 N–H and O–H groups in total. The lowest BCUT2D eigenvalue weighted by molar-refractivity contribution is 0.467. The molecule has 0 aliphatic rings. The molecule has 2 heterocycles. The first-order valence-corrected chi connectivity index (χ1v) is 6.43. The number of aromatic nitrogens is 4. The Hall–Kier alpha value is -1.94. The molecule has 0 amide bonds. The maximum atomic E-state index is 11.9. The molecule has 0 aliphatic carbocycles. The molecular weight excluding hydrogens is 264 g/mol. The van der Waals surface area contributed by atoms with Crippen molar-refractivity contribution in [2.24, 2.45) is 7.05 Å². The molecule has 0 fully saturated rings. The Morgan fingerprint density at radius 2 is 2.00 bits per heavy atom. The Morgan fingerprint density at radius 3 is 2.56 bits per heavy atom. The highest BCUT2D eigenvalue weighted by molar-refractivity contribution is 7.84. The van der Waals surface area contributed by atoms with Crippen molar-refractivity contribution in [2.45, 2.75) is 12.8 Å². The summed E-state index contributed by atoms with van der Waals surface area (Å²) in [5.74, 6) is -0.673. The van der Waals surface area contributed by atoms with E-state index in [-0.39, 0.29) is 11.2 Å². The van der Waals surface area contributed by atoms with E-state index in [2.05, 4.69) is 9.97 Å². The van der Waals surface area contributed by atoms with Crippen molar-refractivity contribution in [1.29, 1.82) is 0 Å². The van der Waals surface area contributed by atoms with E-state index in [4.69, 9.17) is 4.55 Å². The van der Waals surface area contributed by atoms with Gasteiger partial charge in [-0.05, 0) is 6.92 Å². The van der Waals surface area contributed by atoms with Crippen molar-refractivity contribution in [3.05, 3.63) is 26.7 Å². The van der Waals surface area contributed by atoms with Gasteiger partial charge in [0, 0.05) is 7.05 Å². The minimum atomic E-state index is -4.49. The summed E-state index contributed by atoms with van der Waals surface area (Å²) in [6.07, 6.45) is 0. The van der Waals surface area contributed by atoms with Gasteiger partial charge in [0.2, 0.25) is 0 Å². The SMILES string of the molecule is Cc1nc2c([nH]1)c(=O)n(CS(=O)(=O)O)c(=O)n2C. The highest BCUT2D eigenvalue weighted by Crippen LogP contribution is 2.03. The fraction of sp³-hybridized carbons (Fsp3) is 0.375. The first kappa shape index (κ1) is 12.5. The molecule has 0 aromatic carbocycles. The predicted octanol–water partition coefficient (Wildman–Crippen LogP) is -1.42. The third-order valence-corrected chi connectivity index (χ3v) is 2.97. The van der Waals surface area contributed by atoms with Crippen LogP contribution < -0.4 is 11.2 Å². The quantitative estimate of drug-likeness (QED) is 0.647. The lowest BCUT2D eigenvalue weighted by atomic mass is 10.5. The van der Waals surface area contributed by atoms with Crippen LogP contribution in [0.15, 0.2) is 9.59 Å². The number of imidazole rings is 1. The summed E-state index contributed by atoms with van der Waals surface area (Å²) >= 11 is 0. The molecule has 2 aromatic rings. The Morgan fingerprint density at radius 1 is 1.39 bits per heavy atom. The van der Waals surface area contributed by atoms with E-state index in [0.29, 0.717) is 10.4 Å². The average Bonchev–Trinajstić information content (AvgIpc) is 2.62. The minimum Gasteiger partial charge on any atom is -0.336 e. The molecule has 10 heteroatoms. The first-order chi connectivity index (χ1) is 8.20. The first-order valence-electron chi connectivity index (χ1n) is 4.82. The van der Waals surface area contributed by atoms with Crippen molar-refractivity contribution in [3.63, 3.8) is 0 Å². The van der Waals surface area contributed by atoms with E-state index < -0.39 is 27.2 Å². The zero-order valence-electron chi connectivity index (χ0n) is 9.54. The summed E-state index contributed by atoms with van der Waals surface area (Å²) in [5.41, 5.74) is -1.56. The van der Waals surface area contributed by atoms with Crippen LogP contribution in [0.1, 0.15) is 5.82 Å². The van der Waals surface area contributed by atoms with Gasteiger partial charge in [0.05, 0.1) is 0 Å². The van der Waals surface area contributed by atoms with Gasteiger partial charge in [0.15, 0.2) is 11.5 Å². The van der Waals surface area contributed by atoms with Gasteiger partial charge in [-0.15, -0.1) is 0 Å². The zero-order valence-corrected chi connectivity index (χ0v) is 10.4. The van der Waals surface area contributed by atoms with Crippen LogP contribution in [0.5, 0.6) is 0 Å². The van der Waals surface area contributed by atoms with E-state index in [9.17, 15) is 18.0 Å². The Bertz CT molecular complexity index is 841. The van der Waals surface area contributed by atoms with Crippen LogP contribution in [0.3, 0.4) is 0 Å². The van der Waals surface area contributed by atoms with Gasteiger partial charge in [0.1, 0.15) is 11.3 Å². The third kappa shape index (κ3) is 1.95. The molecular formula is C8H10N4O5S. The van der Waals surface area contributed by atoms with E-state index in [1.165, 1.54) is 7.05 Å². The van der Waals surface area contributed by atoms with Gasteiger partial charge in [-0.25, -0.2) is 14.3 Å². The van der Waals surface area contributed by atoms with Crippen LogP contribution in [-0.4, -0.2) is 32.1 Å². The largest absolute Gasteiger partial charge is 0.336 e. The van der Waals surface area contributed by atoms with Crippen LogP contribution in [0.25, 0.3) is 11.2 Å². The number of H-pyrrole nitrogens is 1. The summed E-state index contributed by atoms with van der Waals surface area (Å²) in [6.45, 7) is 1.59. The van der Waals surface area contributed by atoms with Crippen molar-refractivity contribution < 1.29 is 13.0 Å². The third-order valence-electron chi connectivity index (χ3n) is 2.39. The molecule has 0 aliphatic heterocycles. The standard InChI is InChI=1S/C8H10N4O5S/c1-4-9-5-6(10-4)11(2)8(14)12(7(5)13)3-18(15,16)17/h3H2,1-2H3,(H,9,10)(H,15,16,17). The zero-order chi connectivity index (χ0) is 13.7. The monoisotopic (exact) mass is 274 g/mol. The second-order valence-corrected chi connectivity index (χ2v) is 5.23. The van der Waals surface area contributed by atoms with Gasteiger partial charge in [-0.1, -0.05) is 0 Å². The molecule has 0 radical (unpaired) electrons. The average molecular weight is 274 g/mol. The number of fused-ring (bicyclic) bond motifs is 1. The number of hydrogen-bond acceptors (Lipinski definition) is 5. The number of nitrogens with zero attached hydrogens (tertiary/aromatic N) is 3. The topological polar surface area (TPSA) is 127 Å². The van der Waals surface area contributed by atoms with E-state index >= 15 is 0 Å². The van der Waals surface area contributed by atoms with Gasteiger partial charge < -0.3 is 4.98 Å². The molecule has 0 spiro atoms. The molecule has 0 atom stereocenters. The molecule has 9 nitrogen and oxygen atoms in total. The number of rotatable bonds is 2. The van der Waals surface area contributed by atoms with Crippen molar-refractivity contribution in [1.82, 2.24) is 19.1 Å². The lowest BCUT2D eigenvalue weighted by Crippen LogP contribution is -2.40. The van der Waals surface area contributed by atoms with Gasteiger partial charge >= 0.3 is 5.69 Å². The lowest BCUT2D eigenvalue weighted by Gasteiger charge is -2.05. The van der Waals surface area contributed by atoms with Crippen LogP contribution in [-0.2, 0) is 23.0 Å². The second-order valence-electron chi connectivity index (χ2n) is 3.81. The highest BCUT2D eigenvalue weighted by Gasteiger charge is 2.17. The van der Waals surface area contributed by atoms with Crippen molar-refractivity contribution in [2.75, 3.05) is 0 Å². The van der Waals surface area contributed by atoms with Crippen LogP contribution >= 0.6 is 0 Å². The molecule has 0 unspecified atom stereocenters. The second kappa shape index (κ2) is 3.78. The van der Waals surface area contributed by atoms with Crippen molar-refractivity contribution in [3.8, 4) is 0 Å². The summed E-state index contributed by atoms with van der Waals surface area (Å²) in [5, 5.41) is 0. The van der Waals surface area contributed by atoms with Gasteiger partial charge in [-0.2, -0.15) is 8.42 Å². The van der Waals surface area contributed by atoms with Crippen LogP contribution in [0, 0.1) is 6.92 Å². The molecule has 0 saturated carbocycles. The van der Waals surface area contributed by atoms with Crippen molar-refractivity contribution >= 4 is 21.3 Å². The minimum absolute atomic E-state index is 0.0123. The smallest absolute Gasteiger partial charge is 0.333 e. The molecule has 2 aromatic heterocycles. The van der Waals surface area contributed by atoms with Gasteiger partial charge in [-0.3, -0.25) is 13.9 Å². The maximum Gasteiger partial charge on any atom is 0.333 e.